The van der Waals surface area contributed by atoms with Crippen molar-refractivity contribution in [2.45, 2.75) is 6.18 Å². The third-order valence-electron chi connectivity index (χ3n) is 3.26. The van der Waals surface area contributed by atoms with Crippen LogP contribution in [0.15, 0.2) is 42.5 Å². The van der Waals surface area contributed by atoms with Gasteiger partial charge in [0.25, 0.3) is 11.8 Å². The fourth-order valence-electron chi connectivity index (χ4n) is 2.29. The molecule has 0 aromatic heterocycles. The van der Waals surface area contributed by atoms with Crippen LogP contribution in [0.4, 0.5) is 18.9 Å². The maximum absolute atomic E-state index is 12.9. The Kier molecular flexibility index (Phi) is 3.47. The third-order valence-corrected chi connectivity index (χ3v) is 3.88. The van der Waals surface area contributed by atoms with E-state index in [1.807, 2.05) is 0 Å². The zero-order valence-electron chi connectivity index (χ0n) is 10.8. The second-order valence-electron chi connectivity index (χ2n) is 4.69. The lowest BCUT2D eigenvalue weighted by molar-refractivity contribution is -0.137. The van der Waals surface area contributed by atoms with Crippen molar-refractivity contribution in [2.24, 2.45) is 0 Å². The number of carbonyl (C=O) groups excluding carboxylic acids is 2. The molecular formula is C15H7F3INO2. The summed E-state index contributed by atoms with van der Waals surface area (Å²) in [6, 6.07) is 9.30. The minimum Gasteiger partial charge on any atom is -0.268 e. The minimum absolute atomic E-state index is 0.0783. The van der Waals surface area contributed by atoms with E-state index in [2.05, 4.69) is 0 Å². The first-order chi connectivity index (χ1) is 10.3. The Hall–Kier alpha value is -1.90. The Morgan fingerprint density at radius 1 is 0.909 bits per heavy atom. The molecule has 2 amide bonds. The number of amides is 2. The van der Waals surface area contributed by atoms with Gasteiger partial charge in [0.1, 0.15) is 0 Å². The number of carbonyl (C=O) groups is 2. The van der Waals surface area contributed by atoms with Crippen molar-refractivity contribution in [3.63, 3.8) is 0 Å². The molecular weight excluding hydrogens is 410 g/mol. The van der Waals surface area contributed by atoms with Gasteiger partial charge in [-0.3, -0.25) is 9.59 Å². The van der Waals surface area contributed by atoms with Gasteiger partial charge in [-0.1, -0.05) is 12.1 Å². The molecule has 1 aliphatic heterocycles. The molecule has 2 aromatic rings. The largest absolute Gasteiger partial charge is 0.416 e. The predicted octanol–water partition coefficient (Wildman–Crippen LogP) is 4.11. The highest BCUT2D eigenvalue weighted by molar-refractivity contribution is 14.1. The van der Waals surface area contributed by atoms with E-state index in [0.717, 1.165) is 17.0 Å². The third kappa shape index (κ3) is 2.39. The lowest BCUT2D eigenvalue weighted by Crippen LogP contribution is -2.29. The first-order valence-electron chi connectivity index (χ1n) is 6.14. The monoisotopic (exact) mass is 417 g/mol. The second-order valence-corrected chi connectivity index (χ2v) is 5.93. The number of fused-ring (bicyclic) bond motifs is 1. The summed E-state index contributed by atoms with van der Waals surface area (Å²) < 4.78 is 39.0. The molecule has 1 heterocycles. The van der Waals surface area contributed by atoms with Crippen LogP contribution in [0.5, 0.6) is 0 Å². The molecule has 0 aliphatic carbocycles. The van der Waals surface area contributed by atoms with Crippen LogP contribution in [0.1, 0.15) is 26.3 Å². The Morgan fingerprint density at radius 2 is 1.45 bits per heavy atom. The number of rotatable bonds is 1. The van der Waals surface area contributed by atoms with Crippen LogP contribution in [0.3, 0.4) is 0 Å². The average molecular weight is 417 g/mol. The van der Waals surface area contributed by atoms with Gasteiger partial charge in [0, 0.05) is 3.57 Å². The van der Waals surface area contributed by atoms with Crippen LogP contribution in [0, 0.1) is 3.57 Å². The van der Waals surface area contributed by atoms with Gasteiger partial charge in [-0.25, -0.2) is 4.90 Å². The summed E-state index contributed by atoms with van der Waals surface area (Å²) in [6.07, 6.45) is -4.55. The molecule has 22 heavy (non-hydrogen) atoms. The highest BCUT2D eigenvalue weighted by Crippen LogP contribution is 2.35. The number of hydrogen-bond donors (Lipinski definition) is 0. The first-order valence-corrected chi connectivity index (χ1v) is 7.22. The topological polar surface area (TPSA) is 37.4 Å². The summed E-state index contributed by atoms with van der Waals surface area (Å²) in [5, 5.41) is 0. The lowest BCUT2D eigenvalue weighted by Gasteiger charge is -2.16. The molecule has 0 bridgehead atoms. The van der Waals surface area contributed by atoms with Crippen molar-refractivity contribution in [3.8, 4) is 0 Å². The number of benzene rings is 2. The summed E-state index contributed by atoms with van der Waals surface area (Å²) in [6.45, 7) is 0. The molecule has 0 unspecified atom stereocenters. The number of nitrogens with zero attached hydrogens (tertiary/aromatic N) is 1. The quantitative estimate of drug-likeness (QED) is 0.518. The SMILES string of the molecule is O=C1c2ccccc2C(=O)N1c1cc(I)cc(C(F)(F)F)c1. The van der Waals surface area contributed by atoms with Crippen LogP contribution in [-0.2, 0) is 6.18 Å². The molecule has 0 saturated heterocycles. The molecule has 3 rings (SSSR count). The maximum Gasteiger partial charge on any atom is 0.416 e. The van der Waals surface area contributed by atoms with Crippen LogP contribution in [0.25, 0.3) is 0 Å². The van der Waals surface area contributed by atoms with Crippen molar-refractivity contribution in [2.75, 3.05) is 4.90 Å². The van der Waals surface area contributed by atoms with Crippen LogP contribution in [0.2, 0.25) is 0 Å². The molecule has 112 valence electrons. The number of halogens is 4. The van der Waals surface area contributed by atoms with E-state index < -0.39 is 23.6 Å². The average Bonchev–Trinajstić information content (AvgIpc) is 2.70. The Labute approximate surface area is 136 Å². The first kappa shape index (κ1) is 15.0. The normalized spacial score (nSPS) is 14.5. The fourth-order valence-corrected chi connectivity index (χ4v) is 2.95. The van der Waals surface area contributed by atoms with Gasteiger partial charge in [0.15, 0.2) is 0 Å². The predicted molar refractivity (Wildman–Crippen MR) is 81.7 cm³/mol. The van der Waals surface area contributed by atoms with Crippen LogP contribution < -0.4 is 4.90 Å². The molecule has 7 heteroatoms. The summed E-state index contributed by atoms with van der Waals surface area (Å²) in [5.41, 5.74) is -0.587. The zero-order valence-corrected chi connectivity index (χ0v) is 13.0. The van der Waals surface area contributed by atoms with E-state index in [0.29, 0.717) is 3.57 Å². The molecule has 2 aromatic carbocycles. The fraction of sp³-hybridized carbons (Fsp3) is 0.0667. The standard InChI is InChI=1S/C15H7F3INO2/c16-15(17,18)8-5-9(19)7-10(6-8)20-13(21)11-3-1-2-4-12(11)14(20)22/h1-7H. The number of hydrogen-bond acceptors (Lipinski definition) is 2. The van der Waals surface area contributed by atoms with Gasteiger partial charge in [0.05, 0.1) is 22.4 Å². The molecule has 0 spiro atoms. The van der Waals surface area contributed by atoms with Gasteiger partial charge in [0.2, 0.25) is 0 Å². The summed E-state index contributed by atoms with van der Waals surface area (Å²) in [4.78, 5) is 25.4. The molecule has 0 saturated carbocycles. The van der Waals surface area contributed by atoms with Crippen molar-refractivity contribution in [1.29, 1.82) is 0 Å². The summed E-state index contributed by atoms with van der Waals surface area (Å²) in [5.74, 6) is -1.23. The number of imide groups is 1. The van der Waals surface area contributed by atoms with E-state index in [9.17, 15) is 22.8 Å². The van der Waals surface area contributed by atoms with Gasteiger partial charge >= 0.3 is 6.18 Å². The maximum atomic E-state index is 12.9. The van der Waals surface area contributed by atoms with E-state index in [1.165, 1.54) is 18.2 Å². The summed E-state index contributed by atoms with van der Waals surface area (Å²) in [7, 11) is 0. The van der Waals surface area contributed by atoms with Crippen LogP contribution in [-0.4, -0.2) is 11.8 Å². The minimum atomic E-state index is -4.55. The molecule has 1 aliphatic rings. The van der Waals surface area contributed by atoms with Crippen LogP contribution >= 0.6 is 22.6 Å². The molecule has 3 nitrogen and oxygen atoms in total. The van der Waals surface area contributed by atoms with Gasteiger partial charge < -0.3 is 0 Å². The van der Waals surface area contributed by atoms with E-state index in [-0.39, 0.29) is 16.8 Å². The van der Waals surface area contributed by atoms with E-state index in [4.69, 9.17) is 0 Å². The van der Waals surface area contributed by atoms with Gasteiger partial charge in [-0.2, -0.15) is 13.2 Å². The van der Waals surface area contributed by atoms with Crippen molar-refractivity contribution >= 4 is 40.1 Å². The molecule has 0 N–H and O–H groups in total. The summed E-state index contributed by atoms with van der Waals surface area (Å²) >= 11 is 1.72. The van der Waals surface area contributed by atoms with Gasteiger partial charge in [-0.05, 0) is 52.9 Å². The number of alkyl halides is 3. The highest BCUT2D eigenvalue weighted by atomic mass is 127. The Bertz CT molecular complexity index is 767. The van der Waals surface area contributed by atoms with E-state index in [1.54, 1.807) is 34.7 Å². The highest BCUT2D eigenvalue weighted by Gasteiger charge is 2.38. The lowest BCUT2D eigenvalue weighted by atomic mass is 10.1. The van der Waals surface area contributed by atoms with Crippen molar-refractivity contribution in [3.05, 3.63) is 62.7 Å². The zero-order chi connectivity index (χ0) is 16.1. The second kappa shape index (κ2) is 5.08. The van der Waals surface area contributed by atoms with E-state index >= 15 is 0 Å². The van der Waals surface area contributed by atoms with Crippen molar-refractivity contribution in [1.82, 2.24) is 0 Å². The number of anilines is 1. The van der Waals surface area contributed by atoms with Gasteiger partial charge in [-0.15, -0.1) is 0 Å². The molecule has 0 atom stereocenters. The Balaban J connectivity index is 2.12. The van der Waals surface area contributed by atoms with Crippen molar-refractivity contribution < 1.29 is 22.8 Å². The smallest absolute Gasteiger partial charge is 0.268 e. The molecule has 0 radical (unpaired) electrons. The molecule has 0 fully saturated rings. The Morgan fingerprint density at radius 3 is 1.95 bits per heavy atom.